The third-order valence-corrected chi connectivity index (χ3v) is 2.47. The lowest BCUT2D eigenvalue weighted by Gasteiger charge is -2.07. The Morgan fingerprint density at radius 2 is 1.80 bits per heavy atom. The van der Waals surface area contributed by atoms with Crippen molar-refractivity contribution < 1.29 is 9.59 Å². The van der Waals surface area contributed by atoms with Gasteiger partial charge in [0.05, 0.1) is 0 Å². The minimum atomic E-state index is -0.484. The van der Waals surface area contributed by atoms with Gasteiger partial charge in [0.25, 0.3) is 11.8 Å². The van der Waals surface area contributed by atoms with E-state index in [1.165, 1.54) is 12.4 Å². The van der Waals surface area contributed by atoms with Gasteiger partial charge >= 0.3 is 0 Å². The van der Waals surface area contributed by atoms with Crippen LogP contribution in [-0.4, -0.2) is 28.8 Å². The smallest absolute Gasteiger partial charge is 0.288 e. The number of carbonyl (C=O) groups excluding carboxylic acids is 2. The van der Waals surface area contributed by atoms with E-state index in [1.54, 1.807) is 37.4 Å². The van der Waals surface area contributed by atoms with Crippen molar-refractivity contribution in [2.45, 2.75) is 0 Å². The second-order valence-electron chi connectivity index (χ2n) is 3.80. The highest BCUT2D eigenvalue weighted by molar-refractivity contribution is 5.98. The van der Waals surface area contributed by atoms with Gasteiger partial charge in [-0.2, -0.15) is 0 Å². The fraction of sp³-hybridized carbons (Fsp3) is 0.0769. The van der Waals surface area contributed by atoms with Gasteiger partial charge in [-0.15, -0.1) is 0 Å². The highest BCUT2D eigenvalue weighted by Gasteiger charge is 2.10. The number of carbonyl (C=O) groups is 2. The number of rotatable bonds is 3. The molecule has 0 aliphatic carbocycles. The first-order chi connectivity index (χ1) is 9.70. The molecule has 0 saturated carbocycles. The number of anilines is 1. The third-order valence-electron chi connectivity index (χ3n) is 2.47. The summed E-state index contributed by atoms with van der Waals surface area (Å²) in [6.07, 6.45) is 3.00. The largest absolute Gasteiger partial charge is 0.373 e. The van der Waals surface area contributed by atoms with E-state index in [0.717, 1.165) is 0 Å². The van der Waals surface area contributed by atoms with Crippen molar-refractivity contribution >= 4 is 17.6 Å². The third kappa shape index (κ3) is 3.29. The van der Waals surface area contributed by atoms with Crippen molar-refractivity contribution in [1.82, 2.24) is 20.8 Å². The second-order valence-corrected chi connectivity index (χ2v) is 3.80. The summed E-state index contributed by atoms with van der Waals surface area (Å²) < 4.78 is 0. The topological polar surface area (TPSA) is 96.0 Å². The van der Waals surface area contributed by atoms with Crippen LogP contribution in [0.25, 0.3) is 0 Å². The molecule has 0 aliphatic heterocycles. The Kier molecular flexibility index (Phi) is 4.23. The monoisotopic (exact) mass is 271 g/mol. The molecule has 0 spiro atoms. The molecule has 0 atom stereocenters. The number of aromatic nitrogens is 2. The quantitative estimate of drug-likeness (QED) is 0.710. The molecule has 2 amide bonds. The minimum Gasteiger partial charge on any atom is -0.373 e. The van der Waals surface area contributed by atoms with Crippen molar-refractivity contribution in [3.05, 3.63) is 54.0 Å². The van der Waals surface area contributed by atoms with Crippen LogP contribution in [0.5, 0.6) is 0 Å². The van der Waals surface area contributed by atoms with E-state index in [2.05, 4.69) is 26.1 Å². The summed E-state index contributed by atoms with van der Waals surface area (Å²) in [5, 5.41) is 2.82. The van der Waals surface area contributed by atoms with Crippen molar-refractivity contribution in [3.63, 3.8) is 0 Å². The average Bonchev–Trinajstić information content (AvgIpc) is 2.53. The predicted octanol–water partition coefficient (Wildman–Crippen LogP) is 0.593. The Morgan fingerprint density at radius 3 is 2.50 bits per heavy atom. The zero-order chi connectivity index (χ0) is 14.4. The van der Waals surface area contributed by atoms with Crippen LogP contribution in [0.1, 0.15) is 20.8 Å². The second kappa shape index (κ2) is 6.28. The van der Waals surface area contributed by atoms with Gasteiger partial charge in [-0.25, -0.2) is 4.98 Å². The fourth-order valence-electron chi connectivity index (χ4n) is 1.46. The molecular formula is C13H13N5O2. The lowest BCUT2D eigenvalue weighted by atomic mass is 10.2. The molecule has 2 rings (SSSR count). The summed E-state index contributed by atoms with van der Waals surface area (Å²) in [6, 6.07) is 8.05. The molecule has 20 heavy (non-hydrogen) atoms. The first kappa shape index (κ1) is 13.5. The molecule has 0 bridgehead atoms. The molecule has 0 aromatic carbocycles. The Labute approximate surface area is 115 Å². The van der Waals surface area contributed by atoms with Crippen LogP contribution < -0.4 is 16.2 Å². The number of nitrogens with zero attached hydrogens (tertiary/aromatic N) is 2. The molecule has 0 radical (unpaired) electrons. The summed E-state index contributed by atoms with van der Waals surface area (Å²) in [7, 11) is 1.70. The summed E-state index contributed by atoms with van der Waals surface area (Å²) in [5.74, 6) is -0.358. The standard InChI is InChI=1S/C13H13N5O2/c1-14-11-8-9(5-7-16-11)12(19)17-18-13(20)10-4-2-3-6-15-10/h2-8H,1H3,(H,14,16)(H,17,19)(H,18,20). The minimum absolute atomic E-state index is 0.221. The van der Waals surface area contributed by atoms with Crippen LogP contribution >= 0.6 is 0 Å². The Morgan fingerprint density at radius 1 is 1.00 bits per heavy atom. The molecule has 7 heteroatoms. The molecule has 7 nitrogen and oxygen atoms in total. The first-order valence-electron chi connectivity index (χ1n) is 5.86. The number of hydrogen-bond donors (Lipinski definition) is 3. The molecule has 0 unspecified atom stereocenters. The van der Waals surface area contributed by atoms with Gasteiger partial charge in [0.15, 0.2) is 0 Å². The normalized spacial score (nSPS) is 9.65. The summed E-state index contributed by atoms with van der Waals surface area (Å²) >= 11 is 0. The Hall–Kier alpha value is -2.96. The lowest BCUT2D eigenvalue weighted by Crippen LogP contribution is -2.41. The molecule has 0 fully saturated rings. The number of hydrogen-bond acceptors (Lipinski definition) is 5. The number of nitrogens with one attached hydrogen (secondary N) is 3. The number of hydrazine groups is 1. The van der Waals surface area contributed by atoms with E-state index < -0.39 is 11.8 Å². The van der Waals surface area contributed by atoms with Crippen LogP contribution in [0, 0.1) is 0 Å². The van der Waals surface area contributed by atoms with E-state index >= 15 is 0 Å². The Bertz CT molecular complexity index is 615. The van der Waals surface area contributed by atoms with E-state index in [9.17, 15) is 9.59 Å². The molecular weight excluding hydrogens is 258 g/mol. The van der Waals surface area contributed by atoms with Crippen LogP contribution in [-0.2, 0) is 0 Å². The number of pyridine rings is 2. The molecule has 2 aromatic heterocycles. The van der Waals surface area contributed by atoms with Crippen LogP contribution in [0.4, 0.5) is 5.82 Å². The highest BCUT2D eigenvalue weighted by atomic mass is 16.2. The maximum Gasteiger partial charge on any atom is 0.288 e. The van der Waals surface area contributed by atoms with Crippen molar-refractivity contribution in [2.24, 2.45) is 0 Å². The van der Waals surface area contributed by atoms with E-state index in [4.69, 9.17) is 0 Å². The predicted molar refractivity (Wildman–Crippen MR) is 73.0 cm³/mol. The van der Waals surface area contributed by atoms with Gasteiger partial charge in [-0.05, 0) is 24.3 Å². The van der Waals surface area contributed by atoms with Gasteiger partial charge in [-0.3, -0.25) is 25.4 Å². The maximum absolute atomic E-state index is 11.8. The van der Waals surface area contributed by atoms with Crippen molar-refractivity contribution in [1.29, 1.82) is 0 Å². The zero-order valence-corrected chi connectivity index (χ0v) is 10.8. The summed E-state index contributed by atoms with van der Waals surface area (Å²) in [5.41, 5.74) is 5.21. The molecule has 0 saturated heterocycles. The molecule has 102 valence electrons. The van der Waals surface area contributed by atoms with Crippen molar-refractivity contribution in [3.8, 4) is 0 Å². The van der Waals surface area contributed by atoms with E-state index in [-0.39, 0.29) is 5.69 Å². The van der Waals surface area contributed by atoms with Gasteiger partial charge in [0.1, 0.15) is 11.5 Å². The SMILES string of the molecule is CNc1cc(C(=O)NNC(=O)c2ccccn2)ccn1. The van der Waals surface area contributed by atoms with Crippen LogP contribution in [0.3, 0.4) is 0 Å². The first-order valence-corrected chi connectivity index (χ1v) is 5.86. The van der Waals surface area contributed by atoms with Crippen LogP contribution in [0.2, 0.25) is 0 Å². The van der Waals surface area contributed by atoms with Gasteiger partial charge in [-0.1, -0.05) is 6.07 Å². The fourth-order valence-corrected chi connectivity index (χ4v) is 1.46. The van der Waals surface area contributed by atoms with E-state index in [1.807, 2.05) is 0 Å². The molecule has 2 heterocycles. The van der Waals surface area contributed by atoms with Crippen molar-refractivity contribution in [2.75, 3.05) is 12.4 Å². The Balaban J connectivity index is 1.97. The average molecular weight is 271 g/mol. The highest BCUT2D eigenvalue weighted by Crippen LogP contribution is 2.05. The van der Waals surface area contributed by atoms with Gasteiger partial charge in [0, 0.05) is 25.0 Å². The maximum atomic E-state index is 11.8. The lowest BCUT2D eigenvalue weighted by molar-refractivity contribution is 0.0844. The zero-order valence-electron chi connectivity index (χ0n) is 10.8. The summed E-state index contributed by atoms with van der Waals surface area (Å²) in [4.78, 5) is 31.4. The van der Waals surface area contributed by atoms with Gasteiger partial charge < -0.3 is 5.32 Å². The van der Waals surface area contributed by atoms with E-state index in [0.29, 0.717) is 11.4 Å². The van der Waals surface area contributed by atoms with Crippen LogP contribution in [0.15, 0.2) is 42.7 Å². The summed E-state index contributed by atoms with van der Waals surface area (Å²) in [6.45, 7) is 0. The molecule has 2 aromatic rings. The molecule has 0 aliphatic rings. The van der Waals surface area contributed by atoms with Gasteiger partial charge in [0.2, 0.25) is 0 Å². The number of amides is 2. The molecule has 3 N–H and O–H groups in total.